The normalized spacial score (nSPS) is 17.5. The number of carbonyl (C=O) groups excluding carboxylic acids is 2. The molecule has 2 saturated heterocycles. The number of para-hydroxylation sites is 1. The van der Waals surface area contributed by atoms with Crippen molar-refractivity contribution in [1.29, 1.82) is 0 Å². The fraction of sp³-hybridized carbons (Fsp3) is 0.391. The second kappa shape index (κ2) is 9.22. The molecule has 2 fully saturated rings. The van der Waals surface area contributed by atoms with Gasteiger partial charge in [-0.15, -0.1) is 16.4 Å². The monoisotopic (exact) mass is 451 g/mol. The van der Waals surface area contributed by atoms with Gasteiger partial charge in [0.15, 0.2) is 5.82 Å². The van der Waals surface area contributed by atoms with E-state index in [0.29, 0.717) is 58.1 Å². The molecule has 2 aliphatic heterocycles. The van der Waals surface area contributed by atoms with Gasteiger partial charge in [0, 0.05) is 32.1 Å². The maximum atomic E-state index is 13.2. The molecule has 2 amide bonds. The lowest BCUT2D eigenvalue weighted by Crippen LogP contribution is -2.47. The summed E-state index contributed by atoms with van der Waals surface area (Å²) in [5, 5.41) is 6.55. The topological polar surface area (TPSA) is 80.6 Å². The van der Waals surface area contributed by atoms with E-state index in [1.807, 2.05) is 52.7 Å². The van der Waals surface area contributed by atoms with E-state index in [-0.39, 0.29) is 23.6 Å². The van der Waals surface area contributed by atoms with E-state index in [2.05, 4.69) is 10.1 Å². The fourth-order valence-electron chi connectivity index (χ4n) is 4.23. The molecular formula is C23H25N5O3S. The number of piperidine rings is 1. The molecule has 166 valence electrons. The third kappa shape index (κ3) is 4.18. The number of morpholine rings is 1. The molecule has 0 radical (unpaired) electrons. The summed E-state index contributed by atoms with van der Waals surface area (Å²) in [4.78, 5) is 35.2. The molecule has 2 aliphatic rings. The van der Waals surface area contributed by atoms with Gasteiger partial charge in [0.05, 0.1) is 23.8 Å². The van der Waals surface area contributed by atoms with Gasteiger partial charge < -0.3 is 14.5 Å². The van der Waals surface area contributed by atoms with E-state index in [1.54, 1.807) is 20.9 Å². The van der Waals surface area contributed by atoms with E-state index in [9.17, 15) is 9.59 Å². The minimum Gasteiger partial charge on any atom is -0.378 e. The molecule has 0 saturated carbocycles. The van der Waals surface area contributed by atoms with Gasteiger partial charge in [0.1, 0.15) is 0 Å². The second-order valence-electron chi connectivity index (χ2n) is 7.99. The molecule has 0 unspecified atom stereocenters. The number of thiophene rings is 1. The average Bonchev–Trinajstić information content (AvgIpc) is 3.55. The highest BCUT2D eigenvalue weighted by Gasteiger charge is 2.32. The van der Waals surface area contributed by atoms with Gasteiger partial charge >= 0.3 is 0 Å². The first kappa shape index (κ1) is 20.8. The average molecular weight is 452 g/mol. The highest BCUT2D eigenvalue weighted by atomic mass is 32.1. The van der Waals surface area contributed by atoms with Crippen molar-refractivity contribution in [2.24, 2.45) is 5.92 Å². The SMILES string of the molecule is O=C(c1nc(-c2cccs2)n(-c2ccccc2)n1)N1CCC(C(=O)N2CCOCC2)CC1. The Morgan fingerprint density at radius 3 is 2.38 bits per heavy atom. The predicted octanol–water partition coefficient (Wildman–Crippen LogP) is 2.71. The molecule has 0 spiro atoms. The van der Waals surface area contributed by atoms with Crippen molar-refractivity contribution in [2.45, 2.75) is 12.8 Å². The van der Waals surface area contributed by atoms with Crippen LogP contribution < -0.4 is 0 Å². The summed E-state index contributed by atoms with van der Waals surface area (Å²) in [7, 11) is 0. The number of carbonyl (C=O) groups is 2. The summed E-state index contributed by atoms with van der Waals surface area (Å²) in [6.07, 6.45) is 1.33. The molecule has 9 heteroatoms. The number of amides is 2. The Kier molecular flexibility index (Phi) is 6.00. The van der Waals surface area contributed by atoms with Crippen molar-refractivity contribution in [3.05, 3.63) is 53.7 Å². The zero-order valence-electron chi connectivity index (χ0n) is 17.7. The molecule has 2 aromatic heterocycles. The zero-order chi connectivity index (χ0) is 21.9. The first-order valence-electron chi connectivity index (χ1n) is 10.9. The predicted molar refractivity (Wildman–Crippen MR) is 121 cm³/mol. The Morgan fingerprint density at radius 1 is 0.938 bits per heavy atom. The smallest absolute Gasteiger partial charge is 0.293 e. The molecule has 32 heavy (non-hydrogen) atoms. The van der Waals surface area contributed by atoms with Crippen LogP contribution in [0.1, 0.15) is 23.5 Å². The molecule has 0 atom stereocenters. The lowest BCUT2D eigenvalue weighted by Gasteiger charge is -2.35. The number of nitrogens with zero attached hydrogens (tertiary/aromatic N) is 5. The maximum Gasteiger partial charge on any atom is 0.293 e. The summed E-state index contributed by atoms with van der Waals surface area (Å²) < 4.78 is 7.07. The van der Waals surface area contributed by atoms with Gasteiger partial charge in [-0.3, -0.25) is 9.59 Å². The van der Waals surface area contributed by atoms with Crippen LogP contribution in [0.4, 0.5) is 0 Å². The number of likely N-dealkylation sites (tertiary alicyclic amines) is 1. The molecule has 0 N–H and O–H groups in total. The van der Waals surface area contributed by atoms with Crippen LogP contribution in [0.2, 0.25) is 0 Å². The first-order chi connectivity index (χ1) is 15.7. The van der Waals surface area contributed by atoms with E-state index in [1.165, 1.54) is 0 Å². The minimum atomic E-state index is -0.185. The van der Waals surface area contributed by atoms with Gasteiger partial charge in [-0.1, -0.05) is 24.3 Å². The third-order valence-corrected chi connectivity index (χ3v) is 6.86. The van der Waals surface area contributed by atoms with Crippen LogP contribution in [0.5, 0.6) is 0 Å². The number of benzene rings is 1. The Labute approximate surface area is 190 Å². The Bertz CT molecular complexity index is 1070. The zero-order valence-corrected chi connectivity index (χ0v) is 18.5. The summed E-state index contributed by atoms with van der Waals surface area (Å²) in [6.45, 7) is 3.59. The van der Waals surface area contributed by atoms with Gasteiger partial charge in [-0.05, 0) is 36.4 Å². The van der Waals surface area contributed by atoms with Crippen LogP contribution in [0, 0.1) is 5.92 Å². The Hall–Kier alpha value is -3.04. The van der Waals surface area contributed by atoms with Gasteiger partial charge in [0.2, 0.25) is 11.7 Å². The molecule has 3 aromatic rings. The van der Waals surface area contributed by atoms with Crippen molar-refractivity contribution in [1.82, 2.24) is 24.6 Å². The number of ether oxygens (including phenoxy) is 1. The summed E-state index contributed by atoms with van der Waals surface area (Å²) >= 11 is 1.56. The van der Waals surface area contributed by atoms with E-state index < -0.39 is 0 Å². The summed E-state index contributed by atoms with van der Waals surface area (Å²) in [5.74, 6) is 0.817. The largest absolute Gasteiger partial charge is 0.378 e. The standard InChI is InChI=1S/C23H25N5O3S/c29-22(27-12-14-31-15-13-27)17-8-10-26(11-9-17)23(30)20-24-21(19-7-4-16-32-19)28(25-20)18-5-2-1-3-6-18/h1-7,16-17H,8-15H2. The highest BCUT2D eigenvalue weighted by molar-refractivity contribution is 7.13. The number of aromatic nitrogens is 3. The lowest BCUT2D eigenvalue weighted by molar-refractivity contribution is -0.141. The van der Waals surface area contributed by atoms with Crippen LogP contribution in [-0.2, 0) is 9.53 Å². The van der Waals surface area contributed by atoms with Crippen LogP contribution >= 0.6 is 11.3 Å². The molecule has 4 heterocycles. The van der Waals surface area contributed by atoms with Crippen molar-refractivity contribution in [3.63, 3.8) is 0 Å². The first-order valence-corrected chi connectivity index (χ1v) is 11.8. The van der Waals surface area contributed by atoms with Crippen LogP contribution in [0.25, 0.3) is 16.4 Å². The molecule has 8 nitrogen and oxygen atoms in total. The number of hydrogen-bond acceptors (Lipinski definition) is 6. The van der Waals surface area contributed by atoms with Gasteiger partial charge in [-0.25, -0.2) is 9.67 Å². The summed E-state index contributed by atoms with van der Waals surface area (Å²) in [5.41, 5.74) is 0.859. The third-order valence-electron chi connectivity index (χ3n) is 5.99. The van der Waals surface area contributed by atoms with Crippen molar-refractivity contribution >= 4 is 23.2 Å². The van der Waals surface area contributed by atoms with Gasteiger partial charge in [-0.2, -0.15) is 0 Å². The van der Waals surface area contributed by atoms with E-state index >= 15 is 0 Å². The van der Waals surface area contributed by atoms with Crippen LogP contribution in [0.15, 0.2) is 47.8 Å². The molecule has 1 aromatic carbocycles. The van der Waals surface area contributed by atoms with E-state index in [0.717, 1.165) is 10.6 Å². The molecule has 0 aliphatic carbocycles. The number of rotatable bonds is 4. The van der Waals surface area contributed by atoms with E-state index in [4.69, 9.17) is 4.74 Å². The second-order valence-corrected chi connectivity index (χ2v) is 8.94. The van der Waals surface area contributed by atoms with Crippen molar-refractivity contribution < 1.29 is 14.3 Å². The quantitative estimate of drug-likeness (QED) is 0.609. The molecule has 5 rings (SSSR count). The molecular weight excluding hydrogens is 426 g/mol. The lowest BCUT2D eigenvalue weighted by atomic mass is 9.95. The van der Waals surface area contributed by atoms with Crippen molar-refractivity contribution in [2.75, 3.05) is 39.4 Å². The number of hydrogen-bond donors (Lipinski definition) is 0. The summed E-state index contributed by atoms with van der Waals surface area (Å²) in [6, 6.07) is 13.7. The van der Waals surface area contributed by atoms with Gasteiger partial charge in [0.25, 0.3) is 5.91 Å². The maximum absolute atomic E-state index is 13.2. The van der Waals surface area contributed by atoms with Crippen LogP contribution in [0.3, 0.4) is 0 Å². The van der Waals surface area contributed by atoms with Crippen molar-refractivity contribution in [3.8, 4) is 16.4 Å². The Morgan fingerprint density at radius 2 is 1.69 bits per heavy atom. The Balaban J connectivity index is 1.31. The fourth-order valence-corrected chi connectivity index (χ4v) is 4.93. The highest BCUT2D eigenvalue weighted by Crippen LogP contribution is 2.27. The minimum absolute atomic E-state index is 0.0336. The molecule has 0 bridgehead atoms. The van der Waals surface area contributed by atoms with Crippen LogP contribution in [-0.4, -0.2) is 75.8 Å².